The zero-order chi connectivity index (χ0) is 17.7. The highest BCUT2D eigenvalue weighted by atomic mass is 35.5. The number of amides is 1. The summed E-state index contributed by atoms with van der Waals surface area (Å²) in [6, 6.07) is 9.94. The second-order valence-corrected chi connectivity index (χ2v) is 5.80. The summed E-state index contributed by atoms with van der Waals surface area (Å²) in [5, 5.41) is 2.95. The van der Waals surface area contributed by atoms with Crippen molar-refractivity contribution in [1.82, 2.24) is 5.32 Å². The molecule has 24 heavy (non-hydrogen) atoms. The molecule has 2 aromatic rings. The lowest BCUT2D eigenvalue weighted by atomic mass is 10.1. The summed E-state index contributed by atoms with van der Waals surface area (Å²) in [5.41, 5.74) is 0.817. The van der Waals surface area contributed by atoms with E-state index in [9.17, 15) is 14.0 Å². The molecule has 1 N–H and O–H groups in total. The third-order valence-electron chi connectivity index (χ3n) is 3.25. The fourth-order valence-corrected chi connectivity index (χ4v) is 2.37. The molecule has 4 nitrogen and oxygen atoms in total. The van der Waals surface area contributed by atoms with E-state index in [1.165, 1.54) is 24.3 Å². The highest BCUT2D eigenvalue weighted by Gasteiger charge is 2.16. The van der Waals surface area contributed by atoms with Gasteiger partial charge in [0, 0.05) is 0 Å². The standard InChI is InChI=1S/C17H14Cl2FNO3/c1-10(11-5-7-12(20)8-6-11)21-15(22)9-24-17(23)13-3-2-4-14(18)16(13)19/h2-8,10H,9H2,1H3,(H,21,22)/t10-/m1/s1. The highest BCUT2D eigenvalue weighted by Crippen LogP contribution is 2.26. The average Bonchev–Trinajstić information content (AvgIpc) is 2.55. The first kappa shape index (κ1) is 18.2. The second-order valence-electron chi connectivity index (χ2n) is 5.02. The van der Waals surface area contributed by atoms with Gasteiger partial charge in [0.25, 0.3) is 5.91 Å². The van der Waals surface area contributed by atoms with Crippen LogP contribution in [0.15, 0.2) is 42.5 Å². The van der Waals surface area contributed by atoms with Gasteiger partial charge in [-0.25, -0.2) is 9.18 Å². The molecule has 0 spiro atoms. The Kier molecular flexibility index (Phi) is 6.17. The van der Waals surface area contributed by atoms with Gasteiger partial charge in [-0.1, -0.05) is 41.4 Å². The minimum Gasteiger partial charge on any atom is -0.452 e. The molecule has 1 atom stereocenters. The van der Waals surface area contributed by atoms with Crippen LogP contribution in [-0.4, -0.2) is 18.5 Å². The highest BCUT2D eigenvalue weighted by molar-refractivity contribution is 6.43. The first-order valence-corrected chi connectivity index (χ1v) is 7.80. The molecule has 126 valence electrons. The van der Waals surface area contributed by atoms with E-state index in [1.54, 1.807) is 25.1 Å². The molecule has 0 saturated heterocycles. The molecular formula is C17H14Cl2FNO3. The van der Waals surface area contributed by atoms with Crippen molar-refractivity contribution in [2.24, 2.45) is 0 Å². The Morgan fingerprint density at radius 3 is 2.50 bits per heavy atom. The first-order valence-electron chi connectivity index (χ1n) is 7.04. The molecule has 1 amide bonds. The van der Waals surface area contributed by atoms with Gasteiger partial charge >= 0.3 is 5.97 Å². The second kappa shape index (κ2) is 8.13. The Labute approximate surface area is 148 Å². The molecule has 0 aliphatic heterocycles. The summed E-state index contributed by atoms with van der Waals surface area (Å²) in [6.07, 6.45) is 0. The molecular weight excluding hydrogens is 356 g/mol. The van der Waals surface area contributed by atoms with Crippen LogP contribution < -0.4 is 5.32 Å². The maximum Gasteiger partial charge on any atom is 0.340 e. The van der Waals surface area contributed by atoms with Gasteiger partial charge in [-0.15, -0.1) is 0 Å². The molecule has 2 aromatic carbocycles. The smallest absolute Gasteiger partial charge is 0.340 e. The first-order chi connectivity index (χ1) is 11.4. The van der Waals surface area contributed by atoms with Crippen LogP contribution in [0.4, 0.5) is 4.39 Å². The molecule has 0 heterocycles. The summed E-state index contributed by atoms with van der Waals surface area (Å²) in [5.74, 6) is -1.59. The Morgan fingerprint density at radius 2 is 1.83 bits per heavy atom. The van der Waals surface area contributed by atoms with Crippen molar-refractivity contribution in [2.45, 2.75) is 13.0 Å². The third kappa shape index (κ3) is 4.69. The van der Waals surface area contributed by atoms with Crippen molar-refractivity contribution < 1.29 is 18.7 Å². The predicted molar refractivity (Wildman–Crippen MR) is 89.7 cm³/mol. The Morgan fingerprint density at radius 1 is 1.17 bits per heavy atom. The number of carbonyl (C=O) groups excluding carboxylic acids is 2. The topological polar surface area (TPSA) is 55.4 Å². The Balaban J connectivity index is 1.89. The molecule has 0 fully saturated rings. The maximum atomic E-state index is 12.9. The molecule has 0 bridgehead atoms. The van der Waals surface area contributed by atoms with Crippen LogP contribution in [0.5, 0.6) is 0 Å². The lowest BCUT2D eigenvalue weighted by Gasteiger charge is -2.14. The average molecular weight is 370 g/mol. The van der Waals surface area contributed by atoms with Crippen LogP contribution in [0.3, 0.4) is 0 Å². The van der Waals surface area contributed by atoms with E-state index in [0.29, 0.717) is 0 Å². The molecule has 0 saturated carbocycles. The lowest BCUT2D eigenvalue weighted by molar-refractivity contribution is -0.124. The molecule has 0 radical (unpaired) electrons. The third-order valence-corrected chi connectivity index (χ3v) is 4.07. The van der Waals surface area contributed by atoms with Crippen LogP contribution in [0.1, 0.15) is 28.9 Å². The van der Waals surface area contributed by atoms with Crippen LogP contribution >= 0.6 is 23.2 Å². The molecule has 7 heteroatoms. The molecule has 0 aliphatic rings. The van der Waals surface area contributed by atoms with Gasteiger partial charge in [0.1, 0.15) is 5.82 Å². The summed E-state index contributed by atoms with van der Waals surface area (Å²) < 4.78 is 17.8. The maximum absolute atomic E-state index is 12.9. The van der Waals surface area contributed by atoms with E-state index >= 15 is 0 Å². The van der Waals surface area contributed by atoms with E-state index in [4.69, 9.17) is 27.9 Å². The fraction of sp³-hybridized carbons (Fsp3) is 0.176. The number of hydrogen-bond donors (Lipinski definition) is 1. The van der Waals surface area contributed by atoms with Gasteiger partial charge in [-0.05, 0) is 36.8 Å². The van der Waals surface area contributed by atoms with Crippen LogP contribution in [-0.2, 0) is 9.53 Å². The largest absolute Gasteiger partial charge is 0.452 e. The quantitative estimate of drug-likeness (QED) is 0.804. The van der Waals surface area contributed by atoms with Gasteiger partial charge in [0.15, 0.2) is 6.61 Å². The lowest BCUT2D eigenvalue weighted by Crippen LogP contribution is -2.31. The van der Waals surface area contributed by atoms with Gasteiger partial charge in [0.2, 0.25) is 0 Å². The van der Waals surface area contributed by atoms with E-state index in [-0.39, 0.29) is 27.5 Å². The monoisotopic (exact) mass is 369 g/mol. The van der Waals surface area contributed by atoms with Gasteiger partial charge in [-0.2, -0.15) is 0 Å². The number of ether oxygens (including phenoxy) is 1. The molecule has 0 unspecified atom stereocenters. The van der Waals surface area contributed by atoms with Crippen LogP contribution in [0.25, 0.3) is 0 Å². The van der Waals surface area contributed by atoms with Crippen molar-refractivity contribution in [3.8, 4) is 0 Å². The number of benzene rings is 2. The predicted octanol–water partition coefficient (Wildman–Crippen LogP) is 4.17. The van der Waals surface area contributed by atoms with Crippen molar-refractivity contribution in [1.29, 1.82) is 0 Å². The normalized spacial score (nSPS) is 11.7. The van der Waals surface area contributed by atoms with Crippen molar-refractivity contribution in [3.63, 3.8) is 0 Å². The number of hydrogen-bond acceptors (Lipinski definition) is 3. The minimum absolute atomic E-state index is 0.0734. The van der Waals surface area contributed by atoms with Crippen molar-refractivity contribution in [2.75, 3.05) is 6.61 Å². The number of carbonyl (C=O) groups is 2. The zero-order valence-electron chi connectivity index (χ0n) is 12.7. The Hall–Kier alpha value is -2.11. The Bertz CT molecular complexity index is 750. The van der Waals surface area contributed by atoms with Crippen LogP contribution in [0, 0.1) is 5.82 Å². The number of rotatable bonds is 5. The van der Waals surface area contributed by atoms with Crippen LogP contribution in [0.2, 0.25) is 10.0 Å². The summed E-state index contributed by atoms with van der Waals surface area (Å²) in [7, 11) is 0. The number of nitrogens with one attached hydrogen (secondary N) is 1. The fourth-order valence-electron chi connectivity index (χ4n) is 1.99. The van der Waals surface area contributed by atoms with E-state index < -0.39 is 18.5 Å². The van der Waals surface area contributed by atoms with Gasteiger partial charge < -0.3 is 10.1 Å². The molecule has 0 aromatic heterocycles. The van der Waals surface area contributed by atoms with Crippen molar-refractivity contribution in [3.05, 3.63) is 69.5 Å². The summed E-state index contributed by atoms with van der Waals surface area (Å²) in [4.78, 5) is 23.8. The van der Waals surface area contributed by atoms with E-state index in [1.807, 2.05) is 0 Å². The van der Waals surface area contributed by atoms with E-state index in [2.05, 4.69) is 5.32 Å². The number of halogens is 3. The minimum atomic E-state index is -0.743. The van der Waals surface area contributed by atoms with Crippen molar-refractivity contribution >= 4 is 35.1 Å². The SMILES string of the molecule is C[C@@H](NC(=O)COC(=O)c1cccc(Cl)c1Cl)c1ccc(F)cc1. The molecule has 0 aliphatic carbocycles. The van der Waals surface area contributed by atoms with E-state index in [0.717, 1.165) is 5.56 Å². The summed E-state index contributed by atoms with van der Waals surface area (Å²) >= 11 is 11.7. The summed E-state index contributed by atoms with van der Waals surface area (Å²) in [6.45, 7) is 1.27. The van der Waals surface area contributed by atoms with Gasteiger partial charge in [-0.3, -0.25) is 4.79 Å². The van der Waals surface area contributed by atoms with Gasteiger partial charge in [0.05, 0.1) is 21.7 Å². The molecule has 2 rings (SSSR count). The number of esters is 1. The zero-order valence-corrected chi connectivity index (χ0v) is 14.2.